The summed E-state index contributed by atoms with van der Waals surface area (Å²) in [5, 5.41) is 0. The largest absolute Gasteiger partial charge is 0.293 e. The van der Waals surface area contributed by atoms with Crippen molar-refractivity contribution in [1.82, 2.24) is 4.90 Å². The minimum Gasteiger partial charge on any atom is -0.293 e. The van der Waals surface area contributed by atoms with Gasteiger partial charge in [-0.2, -0.15) is 0 Å². The van der Waals surface area contributed by atoms with E-state index in [0.29, 0.717) is 4.95 Å². The van der Waals surface area contributed by atoms with Gasteiger partial charge in [0.1, 0.15) is 0 Å². The van der Waals surface area contributed by atoms with E-state index in [0.717, 1.165) is 0 Å². The molecular formula is C7H9Br2NS. The fourth-order valence-electron chi connectivity index (χ4n) is 0.711. The Morgan fingerprint density at radius 3 is 2.45 bits per heavy atom. The third-order valence-electron chi connectivity index (χ3n) is 1.28. The first-order chi connectivity index (χ1) is 5.11. The summed E-state index contributed by atoms with van der Waals surface area (Å²) in [6.07, 6.45) is 0. The first-order valence-corrected chi connectivity index (χ1v) is 5.69. The maximum Gasteiger partial charge on any atom is 0.1000 e. The van der Waals surface area contributed by atoms with Gasteiger partial charge in [-0.15, -0.1) is 11.3 Å². The number of hydrogen-bond acceptors (Lipinski definition) is 2. The Kier molecular flexibility index (Phi) is 3.55. The molecular weight excluding hydrogens is 290 g/mol. The van der Waals surface area contributed by atoms with Crippen molar-refractivity contribution in [2.45, 2.75) is 4.95 Å². The molecule has 0 saturated heterocycles. The zero-order valence-corrected chi connectivity index (χ0v) is 10.3. The number of halogens is 2. The van der Waals surface area contributed by atoms with Gasteiger partial charge in [-0.05, 0) is 42.2 Å². The molecule has 1 nitrogen and oxygen atoms in total. The molecule has 0 aliphatic carbocycles. The van der Waals surface area contributed by atoms with Crippen LogP contribution in [-0.4, -0.2) is 19.0 Å². The van der Waals surface area contributed by atoms with Crippen LogP contribution in [-0.2, 0) is 0 Å². The fraction of sp³-hybridized carbons (Fsp3) is 0.429. The van der Waals surface area contributed by atoms with Gasteiger partial charge in [-0.25, -0.2) is 0 Å². The summed E-state index contributed by atoms with van der Waals surface area (Å²) in [7, 11) is 4.10. The first kappa shape index (κ1) is 9.71. The first-order valence-electron chi connectivity index (χ1n) is 3.17. The maximum atomic E-state index is 3.58. The maximum absolute atomic E-state index is 3.58. The van der Waals surface area contributed by atoms with Crippen LogP contribution in [0.3, 0.4) is 0 Å². The second kappa shape index (κ2) is 4.03. The molecule has 0 fully saturated rings. The molecule has 0 N–H and O–H groups in total. The summed E-state index contributed by atoms with van der Waals surface area (Å²) < 4.78 is 1.18. The average Bonchev–Trinajstić information content (AvgIpc) is 2.34. The molecule has 0 aliphatic rings. The van der Waals surface area contributed by atoms with Crippen LogP contribution in [0.4, 0.5) is 0 Å². The lowest BCUT2D eigenvalue weighted by molar-refractivity contribution is 0.402. The summed E-state index contributed by atoms with van der Waals surface area (Å²) >= 11 is 8.76. The molecule has 1 unspecified atom stereocenters. The minimum absolute atomic E-state index is 0.332. The van der Waals surface area contributed by atoms with E-state index >= 15 is 0 Å². The second-order valence-electron chi connectivity index (χ2n) is 2.44. The predicted octanol–water partition coefficient (Wildman–Crippen LogP) is 3.47. The van der Waals surface area contributed by atoms with Crippen LogP contribution in [0.25, 0.3) is 0 Å². The summed E-state index contributed by atoms with van der Waals surface area (Å²) in [5.74, 6) is 0. The van der Waals surface area contributed by atoms with Gasteiger partial charge < -0.3 is 0 Å². The van der Waals surface area contributed by atoms with Crippen LogP contribution < -0.4 is 0 Å². The standard InChI is InChI=1S/C7H9Br2NS/c1-10(2)7(9)5-3-4-6(8)11-5/h3-4,7H,1-2H3. The predicted molar refractivity (Wildman–Crippen MR) is 57.4 cm³/mol. The molecule has 62 valence electrons. The smallest absolute Gasteiger partial charge is 0.1000 e. The Balaban J connectivity index is 2.76. The Morgan fingerprint density at radius 1 is 1.45 bits per heavy atom. The third-order valence-corrected chi connectivity index (χ3v) is 4.57. The lowest BCUT2D eigenvalue weighted by Gasteiger charge is -2.15. The van der Waals surface area contributed by atoms with E-state index in [4.69, 9.17) is 0 Å². The van der Waals surface area contributed by atoms with Crippen molar-refractivity contribution in [3.05, 3.63) is 20.8 Å². The monoisotopic (exact) mass is 297 g/mol. The van der Waals surface area contributed by atoms with Gasteiger partial charge in [0.15, 0.2) is 0 Å². The highest BCUT2D eigenvalue weighted by Crippen LogP contribution is 2.32. The van der Waals surface area contributed by atoms with Crippen molar-refractivity contribution in [1.29, 1.82) is 0 Å². The fourth-order valence-corrected chi connectivity index (χ4v) is 2.64. The Hall–Kier alpha value is 0.620. The van der Waals surface area contributed by atoms with Gasteiger partial charge >= 0.3 is 0 Å². The van der Waals surface area contributed by atoms with Crippen LogP contribution in [0.15, 0.2) is 15.9 Å². The highest BCUT2D eigenvalue weighted by molar-refractivity contribution is 9.11. The zero-order chi connectivity index (χ0) is 8.43. The number of alkyl halides is 1. The molecule has 1 rings (SSSR count). The molecule has 0 amide bonds. The molecule has 0 radical (unpaired) electrons. The Morgan fingerprint density at radius 2 is 2.09 bits per heavy atom. The molecule has 1 aromatic rings. The summed E-state index contributed by atoms with van der Waals surface area (Å²) in [6, 6.07) is 4.19. The third kappa shape index (κ3) is 2.54. The number of thiophene rings is 1. The quantitative estimate of drug-likeness (QED) is 0.597. The van der Waals surface area contributed by atoms with Crippen LogP contribution >= 0.6 is 43.2 Å². The SMILES string of the molecule is CN(C)C(Br)c1ccc(Br)s1. The van der Waals surface area contributed by atoms with Gasteiger partial charge in [0.05, 0.1) is 8.74 Å². The topological polar surface area (TPSA) is 3.24 Å². The Bertz CT molecular complexity index is 234. The van der Waals surface area contributed by atoms with Crippen LogP contribution in [0.2, 0.25) is 0 Å². The van der Waals surface area contributed by atoms with E-state index < -0.39 is 0 Å². The average molecular weight is 299 g/mol. The van der Waals surface area contributed by atoms with E-state index in [9.17, 15) is 0 Å². The molecule has 0 spiro atoms. The summed E-state index contributed by atoms with van der Waals surface area (Å²) in [4.78, 5) is 3.78. The van der Waals surface area contributed by atoms with Crippen molar-refractivity contribution in [3.8, 4) is 0 Å². The zero-order valence-electron chi connectivity index (χ0n) is 6.34. The molecule has 0 bridgehead atoms. The van der Waals surface area contributed by atoms with Gasteiger partial charge in [0.25, 0.3) is 0 Å². The number of hydrogen-bond donors (Lipinski definition) is 0. The molecule has 1 heterocycles. The van der Waals surface area contributed by atoms with E-state index in [2.05, 4.69) is 48.9 Å². The van der Waals surface area contributed by atoms with E-state index in [1.54, 1.807) is 11.3 Å². The minimum atomic E-state index is 0.332. The van der Waals surface area contributed by atoms with Crippen molar-refractivity contribution >= 4 is 43.2 Å². The molecule has 4 heteroatoms. The lowest BCUT2D eigenvalue weighted by Crippen LogP contribution is -2.12. The molecule has 1 aromatic heterocycles. The van der Waals surface area contributed by atoms with Gasteiger partial charge in [0.2, 0.25) is 0 Å². The highest BCUT2D eigenvalue weighted by Gasteiger charge is 2.10. The van der Waals surface area contributed by atoms with Gasteiger partial charge in [-0.1, -0.05) is 15.9 Å². The van der Waals surface area contributed by atoms with Crippen LogP contribution in [0.5, 0.6) is 0 Å². The summed E-state index contributed by atoms with van der Waals surface area (Å²) in [6.45, 7) is 0. The molecule has 0 aromatic carbocycles. The normalized spacial score (nSPS) is 13.9. The highest BCUT2D eigenvalue weighted by atomic mass is 79.9. The lowest BCUT2D eigenvalue weighted by atomic mass is 10.4. The van der Waals surface area contributed by atoms with Crippen molar-refractivity contribution in [3.63, 3.8) is 0 Å². The van der Waals surface area contributed by atoms with Crippen molar-refractivity contribution in [2.75, 3.05) is 14.1 Å². The number of rotatable bonds is 2. The van der Waals surface area contributed by atoms with E-state index in [1.807, 2.05) is 14.1 Å². The number of nitrogens with zero attached hydrogens (tertiary/aromatic N) is 1. The molecule has 1 atom stereocenters. The second-order valence-corrected chi connectivity index (χ2v) is 5.80. The van der Waals surface area contributed by atoms with Gasteiger partial charge in [-0.3, -0.25) is 4.90 Å². The Labute approximate surface area is 87.7 Å². The van der Waals surface area contributed by atoms with Gasteiger partial charge in [0, 0.05) is 4.88 Å². The molecule has 0 aliphatic heterocycles. The van der Waals surface area contributed by atoms with Crippen molar-refractivity contribution < 1.29 is 0 Å². The van der Waals surface area contributed by atoms with Crippen LogP contribution in [0, 0.1) is 0 Å². The van der Waals surface area contributed by atoms with Crippen molar-refractivity contribution in [2.24, 2.45) is 0 Å². The van der Waals surface area contributed by atoms with Crippen LogP contribution in [0.1, 0.15) is 9.83 Å². The molecule has 0 saturated carbocycles. The van der Waals surface area contributed by atoms with E-state index in [1.165, 1.54) is 8.66 Å². The van der Waals surface area contributed by atoms with E-state index in [-0.39, 0.29) is 0 Å². The molecule has 11 heavy (non-hydrogen) atoms. The summed E-state index contributed by atoms with van der Waals surface area (Å²) in [5.41, 5.74) is 0.